The van der Waals surface area contributed by atoms with Gasteiger partial charge in [-0.25, -0.2) is 8.78 Å². The van der Waals surface area contributed by atoms with Gasteiger partial charge in [-0.3, -0.25) is 0 Å². The zero-order chi connectivity index (χ0) is 15.1. The van der Waals surface area contributed by atoms with Gasteiger partial charge in [-0.15, -0.1) is 0 Å². The quantitative estimate of drug-likeness (QED) is 0.681. The molecule has 1 N–H and O–H groups in total. The number of halogens is 2. The monoisotopic (exact) mass is 289 g/mol. The molecule has 0 aliphatic rings. The fourth-order valence-corrected chi connectivity index (χ4v) is 2.25. The Labute approximate surface area is 125 Å². The topological polar surface area (TPSA) is 12.0 Å². The molecule has 0 saturated carbocycles. The van der Waals surface area contributed by atoms with Crippen molar-refractivity contribution in [3.8, 4) is 0 Å². The third-order valence-electron chi connectivity index (χ3n) is 3.54. The number of benzene rings is 2. The first-order chi connectivity index (χ1) is 10.2. The van der Waals surface area contributed by atoms with Crippen LogP contribution in [0.15, 0.2) is 42.5 Å². The second-order valence-electron chi connectivity index (χ2n) is 5.22. The van der Waals surface area contributed by atoms with Crippen LogP contribution in [-0.4, -0.2) is 0 Å². The molecule has 2 aromatic carbocycles. The highest BCUT2D eigenvalue weighted by Crippen LogP contribution is 2.16. The molecule has 0 atom stereocenters. The van der Waals surface area contributed by atoms with E-state index in [2.05, 4.69) is 24.4 Å². The SMILES string of the molecule is CCCCCc1ccc(NCc2cccc(F)c2F)cc1. The predicted molar refractivity (Wildman–Crippen MR) is 83.4 cm³/mol. The molecule has 112 valence electrons. The van der Waals surface area contributed by atoms with Crippen molar-refractivity contribution in [2.75, 3.05) is 5.32 Å². The van der Waals surface area contributed by atoms with Crippen LogP contribution in [0.2, 0.25) is 0 Å². The number of hydrogen-bond donors (Lipinski definition) is 1. The number of unbranched alkanes of at least 4 members (excludes halogenated alkanes) is 2. The summed E-state index contributed by atoms with van der Waals surface area (Å²) in [6.07, 6.45) is 4.77. The molecule has 1 nitrogen and oxygen atoms in total. The molecular weight excluding hydrogens is 268 g/mol. The van der Waals surface area contributed by atoms with Gasteiger partial charge in [0, 0.05) is 17.8 Å². The maximum atomic E-state index is 13.5. The highest BCUT2D eigenvalue weighted by Gasteiger charge is 2.06. The molecular formula is C18H21F2N. The molecule has 0 heterocycles. The van der Waals surface area contributed by atoms with Gasteiger partial charge in [0.05, 0.1) is 0 Å². The summed E-state index contributed by atoms with van der Waals surface area (Å²) in [6, 6.07) is 12.4. The number of nitrogens with one attached hydrogen (secondary N) is 1. The Morgan fingerprint density at radius 1 is 0.952 bits per heavy atom. The fourth-order valence-electron chi connectivity index (χ4n) is 2.25. The minimum Gasteiger partial charge on any atom is -0.381 e. The Balaban J connectivity index is 1.90. The maximum Gasteiger partial charge on any atom is 0.163 e. The minimum absolute atomic E-state index is 0.277. The Morgan fingerprint density at radius 2 is 1.71 bits per heavy atom. The van der Waals surface area contributed by atoms with Crippen molar-refractivity contribution in [2.45, 2.75) is 39.2 Å². The van der Waals surface area contributed by atoms with E-state index in [4.69, 9.17) is 0 Å². The lowest BCUT2D eigenvalue weighted by atomic mass is 10.1. The number of anilines is 1. The van der Waals surface area contributed by atoms with Gasteiger partial charge in [0.1, 0.15) is 0 Å². The van der Waals surface area contributed by atoms with Crippen LogP contribution in [0.3, 0.4) is 0 Å². The van der Waals surface area contributed by atoms with Crippen molar-refractivity contribution in [3.63, 3.8) is 0 Å². The van der Waals surface area contributed by atoms with E-state index < -0.39 is 11.6 Å². The van der Waals surface area contributed by atoms with E-state index in [0.717, 1.165) is 18.2 Å². The predicted octanol–water partition coefficient (Wildman–Crippen LogP) is 5.31. The molecule has 21 heavy (non-hydrogen) atoms. The summed E-state index contributed by atoms with van der Waals surface area (Å²) >= 11 is 0. The fraction of sp³-hybridized carbons (Fsp3) is 0.333. The molecule has 0 unspecified atom stereocenters. The molecule has 0 aliphatic heterocycles. The van der Waals surface area contributed by atoms with Gasteiger partial charge in [0.2, 0.25) is 0 Å². The van der Waals surface area contributed by atoms with Gasteiger partial charge in [-0.2, -0.15) is 0 Å². The molecule has 0 aromatic heterocycles. The molecule has 0 saturated heterocycles. The molecule has 0 aliphatic carbocycles. The Morgan fingerprint density at radius 3 is 2.43 bits per heavy atom. The van der Waals surface area contributed by atoms with Crippen molar-refractivity contribution in [3.05, 3.63) is 65.2 Å². The van der Waals surface area contributed by atoms with Crippen LogP contribution in [0, 0.1) is 11.6 Å². The van der Waals surface area contributed by atoms with Crippen LogP contribution in [-0.2, 0) is 13.0 Å². The smallest absolute Gasteiger partial charge is 0.163 e. The first-order valence-corrected chi connectivity index (χ1v) is 7.46. The lowest BCUT2D eigenvalue weighted by Gasteiger charge is -2.09. The summed E-state index contributed by atoms with van der Waals surface area (Å²) in [5.74, 6) is -1.58. The standard InChI is InChI=1S/C18H21F2N/c1-2-3-4-6-14-9-11-16(12-10-14)21-13-15-7-5-8-17(19)18(15)20/h5,7-12,21H,2-4,6,13H2,1H3. The second-order valence-corrected chi connectivity index (χ2v) is 5.22. The van der Waals surface area contributed by atoms with E-state index in [1.807, 2.05) is 12.1 Å². The maximum absolute atomic E-state index is 13.5. The van der Waals surface area contributed by atoms with Gasteiger partial charge < -0.3 is 5.32 Å². The van der Waals surface area contributed by atoms with Gasteiger partial charge in [0.25, 0.3) is 0 Å². The zero-order valence-corrected chi connectivity index (χ0v) is 12.3. The van der Waals surface area contributed by atoms with Crippen molar-refractivity contribution in [1.82, 2.24) is 0 Å². The first-order valence-electron chi connectivity index (χ1n) is 7.46. The second kappa shape index (κ2) is 7.77. The van der Waals surface area contributed by atoms with Crippen molar-refractivity contribution in [1.29, 1.82) is 0 Å². The molecule has 3 heteroatoms. The van der Waals surface area contributed by atoms with Crippen molar-refractivity contribution >= 4 is 5.69 Å². The average Bonchev–Trinajstić information content (AvgIpc) is 2.50. The first kappa shape index (κ1) is 15.5. The van der Waals surface area contributed by atoms with Gasteiger partial charge in [-0.1, -0.05) is 44.0 Å². The average molecular weight is 289 g/mol. The summed E-state index contributed by atoms with van der Waals surface area (Å²) < 4.78 is 26.6. The van der Waals surface area contributed by atoms with Crippen LogP contribution in [0.4, 0.5) is 14.5 Å². The van der Waals surface area contributed by atoms with Crippen LogP contribution in [0.25, 0.3) is 0 Å². The molecule has 0 radical (unpaired) electrons. The number of hydrogen-bond acceptors (Lipinski definition) is 1. The largest absolute Gasteiger partial charge is 0.381 e. The van der Waals surface area contributed by atoms with Crippen LogP contribution < -0.4 is 5.32 Å². The molecule has 2 aromatic rings. The summed E-state index contributed by atoms with van der Waals surface area (Å²) in [4.78, 5) is 0. The van der Waals surface area contributed by atoms with Gasteiger partial charge in [-0.05, 0) is 36.6 Å². The van der Waals surface area contributed by atoms with Crippen LogP contribution in [0.1, 0.15) is 37.3 Å². The third kappa shape index (κ3) is 4.55. The van der Waals surface area contributed by atoms with E-state index in [-0.39, 0.29) is 6.54 Å². The van der Waals surface area contributed by atoms with E-state index in [1.165, 1.54) is 30.9 Å². The highest BCUT2D eigenvalue weighted by atomic mass is 19.2. The van der Waals surface area contributed by atoms with E-state index >= 15 is 0 Å². The van der Waals surface area contributed by atoms with Crippen LogP contribution >= 0.6 is 0 Å². The molecule has 0 bridgehead atoms. The summed E-state index contributed by atoms with van der Waals surface area (Å²) in [6.45, 7) is 2.47. The summed E-state index contributed by atoms with van der Waals surface area (Å²) in [5, 5.41) is 3.12. The molecule has 0 spiro atoms. The molecule has 0 fully saturated rings. The number of rotatable bonds is 7. The van der Waals surface area contributed by atoms with Gasteiger partial charge >= 0.3 is 0 Å². The number of aryl methyl sites for hydroxylation is 1. The van der Waals surface area contributed by atoms with E-state index in [9.17, 15) is 8.78 Å². The van der Waals surface area contributed by atoms with E-state index in [0.29, 0.717) is 5.56 Å². The Hall–Kier alpha value is -1.90. The lowest BCUT2D eigenvalue weighted by Crippen LogP contribution is -2.03. The molecule has 2 rings (SSSR count). The molecule has 0 amide bonds. The Kier molecular flexibility index (Phi) is 5.73. The van der Waals surface area contributed by atoms with Crippen molar-refractivity contribution < 1.29 is 8.78 Å². The zero-order valence-electron chi connectivity index (χ0n) is 12.3. The minimum atomic E-state index is -0.805. The normalized spacial score (nSPS) is 10.6. The van der Waals surface area contributed by atoms with E-state index in [1.54, 1.807) is 6.07 Å². The van der Waals surface area contributed by atoms with Gasteiger partial charge in [0.15, 0.2) is 11.6 Å². The summed E-state index contributed by atoms with van der Waals surface area (Å²) in [7, 11) is 0. The third-order valence-corrected chi connectivity index (χ3v) is 3.54. The Bertz CT molecular complexity index is 564. The highest BCUT2D eigenvalue weighted by molar-refractivity contribution is 5.45. The van der Waals surface area contributed by atoms with Crippen molar-refractivity contribution in [2.24, 2.45) is 0 Å². The summed E-state index contributed by atoms with van der Waals surface area (Å²) in [5.41, 5.74) is 2.56. The lowest BCUT2D eigenvalue weighted by molar-refractivity contribution is 0.500. The van der Waals surface area contributed by atoms with Crippen LogP contribution in [0.5, 0.6) is 0 Å².